The largest absolute Gasteiger partial charge is 0.350 e. The number of rotatable bonds is 11. The molecule has 2 amide bonds. The van der Waals surface area contributed by atoms with Crippen LogP contribution in [0.3, 0.4) is 0 Å². The predicted molar refractivity (Wildman–Crippen MR) is 171 cm³/mol. The molecule has 230 valence electrons. The van der Waals surface area contributed by atoms with Crippen LogP contribution in [-0.2, 0) is 32.6 Å². The van der Waals surface area contributed by atoms with E-state index in [0.29, 0.717) is 0 Å². The summed E-state index contributed by atoms with van der Waals surface area (Å²) < 4.78 is 42.9. The van der Waals surface area contributed by atoms with Gasteiger partial charge < -0.3 is 10.2 Å². The summed E-state index contributed by atoms with van der Waals surface area (Å²) in [5.41, 5.74) is 2.03. The van der Waals surface area contributed by atoms with Gasteiger partial charge >= 0.3 is 0 Å². The summed E-state index contributed by atoms with van der Waals surface area (Å²) in [6.45, 7) is 6.88. The first-order valence-corrected chi connectivity index (χ1v) is 15.8. The van der Waals surface area contributed by atoms with Gasteiger partial charge in [-0.3, -0.25) is 13.9 Å². The number of carbonyl (C=O) groups is 2. The van der Waals surface area contributed by atoms with Crippen molar-refractivity contribution in [2.75, 3.05) is 10.8 Å². The molecule has 1 N–H and O–H groups in total. The van der Waals surface area contributed by atoms with Crippen LogP contribution in [0.2, 0.25) is 0 Å². The molecule has 0 heterocycles. The van der Waals surface area contributed by atoms with Gasteiger partial charge in [0, 0.05) is 18.5 Å². The lowest BCUT2D eigenvalue weighted by molar-refractivity contribution is -0.140. The van der Waals surface area contributed by atoms with E-state index in [0.717, 1.165) is 33.1 Å². The fraction of sp³-hybridized carbons (Fsp3) is 0.257. The number of anilines is 1. The zero-order valence-electron chi connectivity index (χ0n) is 25.4. The molecule has 0 fully saturated rings. The molecule has 0 unspecified atom stereocenters. The topological polar surface area (TPSA) is 86.8 Å². The number of nitrogens with one attached hydrogen (secondary N) is 1. The van der Waals surface area contributed by atoms with Gasteiger partial charge in [0.15, 0.2) is 0 Å². The minimum absolute atomic E-state index is 0.0128. The molecule has 9 heteroatoms. The fourth-order valence-electron chi connectivity index (χ4n) is 4.76. The molecule has 7 nitrogen and oxygen atoms in total. The zero-order valence-corrected chi connectivity index (χ0v) is 26.2. The lowest BCUT2D eigenvalue weighted by atomic mass is 10.0. The van der Waals surface area contributed by atoms with Crippen LogP contribution in [0.25, 0.3) is 0 Å². The first-order valence-electron chi connectivity index (χ1n) is 14.4. The SMILES string of the molecule is Cc1ccc(S(=O)(=O)N(CC(=O)N(Cc2ccccc2)[C@H](Cc2ccccc2)C(=O)NC(C)(C)C)c2ccc(F)cc2)cc1. The van der Waals surface area contributed by atoms with Gasteiger partial charge in [0.2, 0.25) is 11.8 Å². The van der Waals surface area contributed by atoms with Gasteiger partial charge in [0.25, 0.3) is 10.0 Å². The highest BCUT2D eigenvalue weighted by Crippen LogP contribution is 2.26. The number of carbonyl (C=O) groups excluding carboxylic acids is 2. The van der Waals surface area contributed by atoms with E-state index in [1.165, 1.54) is 29.2 Å². The molecule has 44 heavy (non-hydrogen) atoms. The Morgan fingerprint density at radius 1 is 0.795 bits per heavy atom. The standard InChI is InChI=1S/C35H38FN3O4S/c1-26-15-21-31(22-16-26)44(42,43)39(30-19-17-29(36)18-20-30)25-33(40)38(24-28-13-9-6-10-14-28)32(34(41)37-35(2,3)4)23-27-11-7-5-8-12-27/h5-22,32H,23-25H2,1-4H3,(H,37,41)/t32-/m1/s1. The average Bonchev–Trinajstić information content (AvgIpc) is 2.98. The monoisotopic (exact) mass is 615 g/mol. The quantitative estimate of drug-likeness (QED) is 0.228. The molecule has 0 aromatic heterocycles. The summed E-state index contributed by atoms with van der Waals surface area (Å²) in [6, 6.07) is 28.9. The van der Waals surface area contributed by atoms with Crippen molar-refractivity contribution in [2.24, 2.45) is 0 Å². The summed E-state index contributed by atoms with van der Waals surface area (Å²) >= 11 is 0. The molecule has 0 saturated carbocycles. The van der Waals surface area contributed by atoms with Crippen LogP contribution in [-0.4, -0.2) is 43.3 Å². The lowest BCUT2D eigenvalue weighted by Crippen LogP contribution is -2.56. The predicted octanol–water partition coefficient (Wildman–Crippen LogP) is 5.88. The number of sulfonamides is 1. The highest BCUT2D eigenvalue weighted by atomic mass is 32.2. The summed E-state index contributed by atoms with van der Waals surface area (Å²) in [4.78, 5) is 29.7. The van der Waals surface area contributed by atoms with Crippen LogP contribution < -0.4 is 9.62 Å². The van der Waals surface area contributed by atoms with Crippen LogP contribution in [0, 0.1) is 12.7 Å². The third kappa shape index (κ3) is 8.54. The number of aryl methyl sites for hydroxylation is 1. The van der Waals surface area contributed by atoms with Crippen LogP contribution in [0.4, 0.5) is 10.1 Å². The fourth-order valence-corrected chi connectivity index (χ4v) is 6.17. The number of benzene rings is 4. The van der Waals surface area contributed by atoms with Crippen molar-refractivity contribution >= 4 is 27.5 Å². The van der Waals surface area contributed by atoms with Crippen molar-refractivity contribution in [1.29, 1.82) is 0 Å². The molecule has 0 bridgehead atoms. The first kappa shape index (κ1) is 32.4. The molecule has 0 aliphatic heterocycles. The van der Waals surface area contributed by atoms with Crippen molar-refractivity contribution in [1.82, 2.24) is 10.2 Å². The third-order valence-corrected chi connectivity index (χ3v) is 8.76. The van der Waals surface area contributed by atoms with Crippen LogP contribution in [0.1, 0.15) is 37.5 Å². The Labute approximate surface area is 259 Å². The number of hydrogen-bond donors (Lipinski definition) is 1. The molecule has 4 rings (SSSR count). The number of halogens is 1. The Morgan fingerprint density at radius 3 is 1.89 bits per heavy atom. The Hall–Kier alpha value is -4.50. The third-order valence-electron chi connectivity index (χ3n) is 6.97. The summed E-state index contributed by atoms with van der Waals surface area (Å²) in [5.74, 6) is -1.49. The lowest BCUT2D eigenvalue weighted by Gasteiger charge is -2.35. The highest BCUT2D eigenvalue weighted by Gasteiger charge is 2.35. The van der Waals surface area contributed by atoms with E-state index in [1.54, 1.807) is 12.1 Å². The maximum Gasteiger partial charge on any atom is 0.264 e. The van der Waals surface area contributed by atoms with Gasteiger partial charge in [-0.05, 0) is 75.2 Å². The second-order valence-electron chi connectivity index (χ2n) is 11.8. The van der Waals surface area contributed by atoms with Crippen molar-refractivity contribution < 1.29 is 22.4 Å². The number of nitrogens with zero attached hydrogens (tertiary/aromatic N) is 2. The molecule has 4 aromatic carbocycles. The first-order chi connectivity index (χ1) is 20.8. The minimum atomic E-state index is -4.26. The van der Waals surface area contributed by atoms with E-state index in [4.69, 9.17) is 0 Å². The number of hydrogen-bond acceptors (Lipinski definition) is 4. The van der Waals surface area contributed by atoms with Gasteiger partial charge in [0.05, 0.1) is 10.6 Å². The van der Waals surface area contributed by atoms with Crippen LogP contribution >= 0.6 is 0 Å². The van der Waals surface area contributed by atoms with Crippen molar-refractivity contribution in [3.05, 3.63) is 132 Å². The molecule has 4 aromatic rings. The van der Waals surface area contributed by atoms with E-state index in [2.05, 4.69) is 5.32 Å². The van der Waals surface area contributed by atoms with Crippen molar-refractivity contribution in [3.8, 4) is 0 Å². The maximum absolute atomic E-state index is 14.4. The Morgan fingerprint density at radius 2 is 1.34 bits per heavy atom. The minimum Gasteiger partial charge on any atom is -0.350 e. The van der Waals surface area contributed by atoms with Gasteiger partial charge in [-0.1, -0.05) is 78.4 Å². The van der Waals surface area contributed by atoms with Crippen LogP contribution in [0.5, 0.6) is 0 Å². The van der Waals surface area contributed by atoms with Gasteiger partial charge in [-0.15, -0.1) is 0 Å². The normalized spacial score (nSPS) is 12.3. The van der Waals surface area contributed by atoms with Gasteiger partial charge in [0.1, 0.15) is 18.4 Å². The Balaban J connectivity index is 1.80. The zero-order chi connectivity index (χ0) is 31.9. The molecule has 0 spiro atoms. The summed E-state index contributed by atoms with van der Waals surface area (Å²) in [5, 5.41) is 3.01. The van der Waals surface area contributed by atoms with Crippen molar-refractivity contribution in [2.45, 2.75) is 57.1 Å². The molecule has 0 aliphatic rings. The molecular weight excluding hydrogens is 577 g/mol. The average molecular weight is 616 g/mol. The number of amides is 2. The van der Waals surface area contributed by atoms with Crippen molar-refractivity contribution in [3.63, 3.8) is 0 Å². The van der Waals surface area contributed by atoms with Gasteiger partial charge in [-0.2, -0.15) is 0 Å². The second-order valence-corrected chi connectivity index (χ2v) is 13.6. The molecular formula is C35H38FN3O4S. The molecule has 1 atom stereocenters. The van der Waals surface area contributed by atoms with E-state index in [1.807, 2.05) is 88.4 Å². The van der Waals surface area contributed by atoms with E-state index < -0.39 is 39.9 Å². The smallest absolute Gasteiger partial charge is 0.264 e. The maximum atomic E-state index is 14.4. The van der Waals surface area contributed by atoms with E-state index in [-0.39, 0.29) is 29.5 Å². The molecule has 0 saturated heterocycles. The summed E-state index contributed by atoms with van der Waals surface area (Å²) in [6.07, 6.45) is 0.211. The highest BCUT2D eigenvalue weighted by molar-refractivity contribution is 7.92. The van der Waals surface area contributed by atoms with E-state index >= 15 is 0 Å². The Bertz CT molecular complexity index is 1660. The molecule has 0 aliphatic carbocycles. The second kappa shape index (κ2) is 13.9. The summed E-state index contributed by atoms with van der Waals surface area (Å²) in [7, 11) is -4.26. The van der Waals surface area contributed by atoms with Gasteiger partial charge in [-0.25, -0.2) is 12.8 Å². The van der Waals surface area contributed by atoms with E-state index in [9.17, 15) is 22.4 Å². The Kier molecular flexibility index (Phi) is 10.2. The molecule has 0 radical (unpaired) electrons. The van der Waals surface area contributed by atoms with Crippen LogP contribution in [0.15, 0.2) is 114 Å².